The first-order valence-corrected chi connectivity index (χ1v) is 24.0. The third-order valence-corrected chi connectivity index (χ3v) is 14.6. The Labute approximate surface area is 406 Å². The van der Waals surface area contributed by atoms with Gasteiger partial charge in [-0.05, 0) is 122 Å². The molecule has 0 unspecified atom stereocenters. The number of ether oxygens (including phenoxy) is 1. The molecule has 0 atom stereocenters. The van der Waals surface area contributed by atoms with Crippen LogP contribution in [0.25, 0.3) is 77.6 Å². The monoisotopic (exact) mass is 893 g/mol. The maximum absolute atomic E-state index is 6.73. The standard InChI is InChI=1S/C67H43NO2/c1-2-18-45(19-3-1)49-20-4-5-21-50(49)51-22-6-7-23-52(51)55-25-9-14-30-62(55)68(47-37-34-44(35-38-47)46-36-41-64-57(42-46)56-26-10-15-31-63(56)69-64)48-39-40-54-53-24-8-11-27-58(53)67(61(54)43-48)59-28-12-16-32-65(59)70-66-33-17-13-29-60(66)67/h1-43H. The van der Waals surface area contributed by atoms with Crippen molar-refractivity contribution < 1.29 is 9.15 Å². The second kappa shape index (κ2) is 16.0. The Kier molecular flexibility index (Phi) is 9.11. The summed E-state index contributed by atoms with van der Waals surface area (Å²) < 4.78 is 13.0. The van der Waals surface area contributed by atoms with Gasteiger partial charge in [-0.15, -0.1) is 0 Å². The average Bonchev–Trinajstić information content (AvgIpc) is 3.95. The van der Waals surface area contributed by atoms with Crippen LogP contribution in [0.3, 0.4) is 0 Å². The largest absolute Gasteiger partial charge is 0.457 e. The quantitative estimate of drug-likeness (QED) is 0.159. The van der Waals surface area contributed by atoms with Crippen LogP contribution in [0.4, 0.5) is 17.1 Å². The molecule has 2 heterocycles. The Morgan fingerprint density at radius 1 is 0.286 bits per heavy atom. The molecule has 0 saturated carbocycles. The number of anilines is 3. The second-order valence-electron chi connectivity index (χ2n) is 18.3. The van der Waals surface area contributed by atoms with Gasteiger partial charge < -0.3 is 14.1 Å². The van der Waals surface area contributed by atoms with E-state index in [2.05, 4.69) is 254 Å². The fraction of sp³-hybridized carbons (Fsp3) is 0.0149. The Morgan fingerprint density at radius 3 is 1.54 bits per heavy atom. The summed E-state index contributed by atoms with van der Waals surface area (Å²) in [6, 6.07) is 94.3. The van der Waals surface area contributed by atoms with Crippen LogP contribution in [0.15, 0.2) is 265 Å². The number of hydrogen-bond acceptors (Lipinski definition) is 3. The Bertz CT molecular complexity index is 3950. The molecule has 0 N–H and O–H groups in total. The van der Waals surface area contributed by atoms with Crippen molar-refractivity contribution in [2.75, 3.05) is 4.90 Å². The van der Waals surface area contributed by atoms with Crippen molar-refractivity contribution in [1.82, 2.24) is 0 Å². The van der Waals surface area contributed by atoms with Gasteiger partial charge in [0.25, 0.3) is 0 Å². The molecular formula is C67H43NO2. The van der Waals surface area contributed by atoms with Gasteiger partial charge in [0.05, 0.1) is 11.1 Å². The fourth-order valence-electron chi connectivity index (χ4n) is 11.6. The summed E-state index contributed by atoms with van der Waals surface area (Å²) >= 11 is 0. The summed E-state index contributed by atoms with van der Waals surface area (Å²) in [5.41, 5.74) is 20.9. The lowest BCUT2D eigenvalue weighted by Crippen LogP contribution is -2.32. The molecule has 0 radical (unpaired) electrons. The summed E-state index contributed by atoms with van der Waals surface area (Å²) in [4.78, 5) is 2.46. The van der Waals surface area contributed by atoms with Gasteiger partial charge in [-0.2, -0.15) is 0 Å². The van der Waals surface area contributed by atoms with Crippen molar-refractivity contribution in [3.8, 4) is 67.1 Å². The Hall–Kier alpha value is -9.18. The van der Waals surface area contributed by atoms with Gasteiger partial charge in [-0.3, -0.25) is 0 Å². The minimum absolute atomic E-state index is 0.619. The fourth-order valence-corrected chi connectivity index (χ4v) is 11.6. The molecule has 3 heteroatoms. The molecule has 3 nitrogen and oxygen atoms in total. The van der Waals surface area contributed by atoms with Crippen LogP contribution >= 0.6 is 0 Å². The lowest BCUT2D eigenvalue weighted by molar-refractivity contribution is 0.436. The van der Waals surface area contributed by atoms with E-state index in [-0.39, 0.29) is 0 Å². The van der Waals surface area contributed by atoms with Gasteiger partial charge in [0.15, 0.2) is 0 Å². The molecule has 1 aromatic heterocycles. The topological polar surface area (TPSA) is 25.6 Å². The van der Waals surface area contributed by atoms with Crippen LogP contribution in [0.5, 0.6) is 11.5 Å². The van der Waals surface area contributed by atoms with E-state index in [0.717, 1.165) is 83.9 Å². The SMILES string of the molecule is c1ccc(-c2ccccc2-c2ccccc2-c2ccccc2N(c2ccc(-c3ccc4oc5ccccc5c4c3)cc2)c2ccc3c(c2)C2(c4ccccc4Oc4ccccc42)c2ccccc2-3)cc1. The summed E-state index contributed by atoms with van der Waals surface area (Å²) in [5, 5.41) is 2.24. The number of hydrogen-bond donors (Lipinski definition) is 0. The lowest BCUT2D eigenvalue weighted by Gasteiger charge is -2.39. The van der Waals surface area contributed by atoms with Gasteiger partial charge in [0, 0.05) is 38.8 Å². The number of nitrogens with zero attached hydrogens (tertiary/aromatic N) is 1. The molecule has 0 bridgehead atoms. The summed E-state index contributed by atoms with van der Waals surface area (Å²) in [6.07, 6.45) is 0. The number of fused-ring (bicyclic) bond motifs is 12. The molecule has 0 saturated heterocycles. The van der Waals surface area contributed by atoms with E-state index in [1.54, 1.807) is 0 Å². The van der Waals surface area contributed by atoms with E-state index in [1.165, 1.54) is 44.5 Å². The summed E-state index contributed by atoms with van der Waals surface area (Å²) in [5.74, 6) is 1.75. The molecule has 70 heavy (non-hydrogen) atoms. The van der Waals surface area contributed by atoms with Crippen LogP contribution in [0.1, 0.15) is 22.3 Å². The summed E-state index contributed by atoms with van der Waals surface area (Å²) in [7, 11) is 0. The molecule has 12 aromatic rings. The zero-order valence-electron chi connectivity index (χ0n) is 38.1. The van der Waals surface area contributed by atoms with Crippen LogP contribution < -0.4 is 9.64 Å². The van der Waals surface area contributed by atoms with Crippen molar-refractivity contribution in [3.63, 3.8) is 0 Å². The highest BCUT2D eigenvalue weighted by Crippen LogP contribution is 2.63. The Morgan fingerprint density at radius 2 is 0.800 bits per heavy atom. The maximum atomic E-state index is 6.73. The van der Waals surface area contributed by atoms with Crippen LogP contribution in [0, 0.1) is 0 Å². The second-order valence-corrected chi connectivity index (χ2v) is 18.3. The third kappa shape index (κ3) is 6.08. The van der Waals surface area contributed by atoms with Gasteiger partial charge in [-0.1, -0.05) is 200 Å². The lowest BCUT2D eigenvalue weighted by atomic mass is 9.66. The minimum atomic E-state index is -0.619. The van der Waals surface area contributed by atoms with Crippen molar-refractivity contribution in [3.05, 3.63) is 283 Å². The van der Waals surface area contributed by atoms with Gasteiger partial charge >= 0.3 is 0 Å². The van der Waals surface area contributed by atoms with Crippen molar-refractivity contribution in [2.45, 2.75) is 5.41 Å². The predicted octanol–water partition coefficient (Wildman–Crippen LogP) is 18.2. The molecule has 1 aliphatic heterocycles. The molecule has 1 spiro atoms. The number of para-hydroxylation sites is 4. The first-order chi connectivity index (χ1) is 34.7. The number of benzene rings is 11. The van der Waals surface area contributed by atoms with Gasteiger partial charge in [-0.25, -0.2) is 0 Å². The molecule has 328 valence electrons. The number of rotatable bonds is 7. The highest BCUT2D eigenvalue weighted by molar-refractivity contribution is 6.06. The molecule has 0 amide bonds. The van der Waals surface area contributed by atoms with Crippen molar-refractivity contribution in [1.29, 1.82) is 0 Å². The maximum Gasteiger partial charge on any atom is 0.135 e. The smallest absolute Gasteiger partial charge is 0.135 e. The predicted molar refractivity (Wildman–Crippen MR) is 288 cm³/mol. The summed E-state index contributed by atoms with van der Waals surface area (Å²) in [6.45, 7) is 0. The van der Waals surface area contributed by atoms with Crippen molar-refractivity contribution >= 4 is 39.0 Å². The van der Waals surface area contributed by atoms with Gasteiger partial charge in [0.2, 0.25) is 0 Å². The van der Waals surface area contributed by atoms with E-state index in [1.807, 2.05) is 12.1 Å². The van der Waals surface area contributed by atoms with E-state index in [0.29, 0.717) is 0 Å². The van der Waals surface area contributed by atoms with Crippen molar-refractivity contribution in [2.24, 2.45) is 0 Å². The Balaban J connectivity index is 0.992. The van der Waals surface area contributed by atoms with E-state index < -0.39 is 5.41 Å². The zero-order chi connectivity index (χ0) is 46.2. The van der Waals surface area contributed by atoms with E-state index in [9.17, 15) is 0 Å². The van der Waals surface area contributed by atoms with E-state index >= 15 is 0 Å². The molecule has 14 rings (SSSR count). The van der Waals surface area contributed by atoms with Crippen LogP contribution in [-0.4, -0.2) is 0 Å². The highest BCUT2D eigenvalue weighted by Gasteiger charge is 2.51. The zero-order valence-corrected chi connectivity index (χ0v) is 38.1. The normalized spacial score (nSPS) is 12.8. The molecule has 11 aromatic carbocycles. The first-order valence-electron chi connectivity index (χ1n) is 24.0. The van der Waals surface area contributed by atoms with Crippen LogP contribution in [-0.2, 0) is 5.41 Å². The first kappa shape index (κ1) is 39.9. The molecule has 0 fully saturated rings. The van der Waals surface area contributed by atoms with Crippen LogP contribution in [0.2, 0.25) is 0 Å². The molecular weight excluding hydrogens is 851 g/mol. The molecule has 2 aliphatic rings. The average molecular weight is 894 g/mol. The third-order valence-electron chi connectivity index (χ3n) is 14.6. The van der Waals surface area contributed by atoms with E-state index in [4.69, 9.17) is 9.15 Å². The van der Waals surface area contributed by atoms with Gasteiger partial charge in [0.1, 0.15) is 22.7 Å². The number of furan rings is 1. The molecule has 1 aliphatic carbocycles. The highest BCUT2D eigenvalue weighted by atomic mass is 16.5. The minimum Gasteiger partial charge on any atom is -0.457 e.